The highest BCUT2D eigenvalue weighted by atomic mass is 16.2. The number of imide groups is 1. The number of amides is 4. The van der Waals surface area contributed by atoms with Crippen molar-refractivity contribution < 1.29 is 14.4 Å². The first-order valence-electron chi connectivity index (χ1n) is 10.7. The van der Waals surface area contributed by atoms with E-state index in [0.717, 1.165) is 44.2 Å². The van der Waals surface area contributed by atoms with Gasteiger partial charge in [-0.05, 0) is 49.9 Å². The quantitative estimate of drug-likeness (QED) is 0.560. The van der Waals surface area contributed by atoms with Crippen LogP contribution in [0.5, 0.6) is 0 Å². The van der Waals surface area contributed by atoms with Gasteiger partial charge in [0.05, 0.1) is 0 Å². The minimum Gasteiger partial charge on any atom is -0.323 e. The average Bonchev–Trinajstić information content (AvgIpc) is 3.31. The smallest absolute Gasteiger partial charge is 0.323 e. The lowest BCUT2D eigenvalue weighted by Crippen LogP contribution is -2.44. The molecule has 4 fully saturated rings. The fraction of sp³-hybridized carbons (Fsp3) is 0.810. The molecule has 2 atom stereocenters. The van der Waals surface area contributed by atoms with Crippen molar-refractivity contribution >= 4 is 23.6 Å². The molecule has 0 aromatic heterocycles. The molecular formula is C21H32N4O3. The lowest BCUT2D eigenvalue weighted by molar-refractivity contribution is -0.131. The van der Waals surface area contributed by atoms with E-state index in [1.54, 1.807) is 0 Å². The van der Waals surface area contributed by atoms with Gasteiger partial charge in [-0.1, -0.05) is 33.6 Å². The molecule has 2 bridgehead atoms. The zero-order chi connectivity index (χ0) is 20.2. The van der Waals surface area contributed by atoms with Gasteiger partial charge in [0.15, 0.2) is 0 Å². The predicted molar refractivity (Wildman–Crippen MR) is 105 cm³/mol. The van der Waals surface area contributed by atoms with Crippen LogP contribution in [-0.4, -0.2) is 40.5 Å². The summed E-state index contributed by atoms with van der Waals surface area (Å²) in [6, 6.07) is -0.315. The Balaban J connectivity index is 1.27. The van der Waals surface area contributed by atoms with Crippen LogP contribution in [0.25, 0.3) is 0 Å². The predicted octanol–water partition coefficient (Wildman–Crippen LogP) is 2.95. The summed E-state index contributed by atoms with van der Waals surface area (Å²) in [6.07, 6.45) is 7.44. The molecule has 0 aromatic carbocycles. The molecule has 0 radical (unpaired) electrons. The Hall–Kier alpha value is -1.92. The third kappa shape index (κ3) is 2.77. The number of fused-ring (bicyclic) bond motifs is 2. The summed E-state index contributed by atoms with van der Waals surface area (Å²) in [5.41, 5.74) is 3.46. The summed E-state index contributed by atoms with van der Waals surface area (Å²) in [4.78, 5) is 38.3. The third-order valence-corrected chi connectivity index (χ3v) is 8.32. The monoisotopic (exact) mass is 388 g/mol. The summed E-state index contributed by atoms with van der Waals surface area (Å²) < 4.78 is 0. The number of hydrazone groups is 1. The van der Waals surface area contributed by atoms with Crippen LogP contribution in [0.4, 0.5) is 4.79 Å². The first kappa shape index (κ1) is 19.4. The molecule has 0 unspecified atom stereocenters. The molecular weight excluding hydrogens is 356 g/mol. The normalized spacial score (nSPS) is 33.9. The van der Waals surface area contributed by atoms with Gasteiger partial charge >= 0.3 is 6.03 Å². The van der Waals surface area contributed by atoms with E-state index in [4.69, 9.17) is 0 Å². The van der Waals surface area contributed by atoms with Crippen LogP contribution >= 0.6 is 0 Å². The second-order valence-electron chi connectivity index (χ2n) is 9.87. The molecule has 3 saturated carbocycles. The molecule has 1 aliphatic heterocycles. The number of urea groups is 1. The van der Waals surface area contributed by atoms with Crippen LogP contribution in [0, 0.1) is 16.7 Å². The number of carbonyl (C=O) groups is 3. The number of rotatable bonds is 5. The van der Waals surface area contributed by atoms with Gasteiger partial charge < -0.3 is 5.32 Å². The zero-order valence-corrected chi connectivity index (χ0v) is 17.3. The average molecular weight is 389 g/mol. The van der Waals surface area contributed by atoms with Crippen LogP contribution in [-0.2, 0) is 9.59 Å². The van der Waals surface area contributed by atoms with E-state index in [1.807, 2.05) is 0 Å². The molecule has 0 aromatic rings. The van der Waals surface area contributed by atoms with Gasteiger partial charge in [0, 0.05) is 24.1 Å². The Bertz CT molecular complexity index is 738. The van der Waals surface area contributed by atoms with Gasteiger partial charge in [-0.15, -0.1) is 0 Å². The molecule has 7 heteroatoms. The number of carbonyl (C=O) groups excluding carboxylic acids is 3. The molecule has 28 heavy (non-hydrogen) atoms. The molecule has 2 N–H and O–H groups in total. The lowest BCUT2D eigenvalue weighted by atomic mass is 9.70. The second kappa shape index (κ2) is 6.56. The van der Waals surface area contributed by atoms with Crippen LogP contribution in [0.2, 0.25) is 0 Å². The molecule has 4 amide bonds. The van der Waals surface area contributed by atoms with E-state index in [-0.39, 0.29) is 41.6 Å². The molecule has 1 saturated heterocycles. The van der Waals surface area contributed by atoms with Gasteiger partial charge in [0.25, 0.3) is 5.91 Å². The first-order valence-corrected chi connectivity index (χ1v) is 10.7. The Morgan fingerprint density at radius 1 is 1.21 bits per heavy atom. The fourth-order valence-electron chi connectivity index (χ4n) is 5.88. The third-order valence-electron chi connectivity index (χ3n) is 8.32. The Morgan fingerprint density at radius 2 is 1.93 bits per heavy atom. The van der Waals surface area contributed by atoms with Gasteiger partial charge in [-0.25, -0.2) is 10.2 Å². The molecule has 7 nitrogen and oxygen atoms in total. The highest BCUT2D eigenvalue weighted by Crippen LogP contribution is 2.63. The van der Waals surface area contributed by atoms with Gasteiger partial charge in [-0.3, -0.25) is 14.5 Å². The lowest BCUT2D eigenvalue weighted by Gasteiger charge is -2.34. The molecule has 1 heterocycles. The van der Waals surface area contributed by atoms with E-state index in [9.17, 15) is 14.4 Å². The zero-order valence-electron chi connectivity index (χ0n) is 17.3. The summed E-state index contributed by atoms with van der Waals surface area (Å²) in [6.45, 7) is 7.17. The van der Waals surface area contributed by atoms with E-state index in [0.29, 0.717) is 12.3 Å². The Labute approximate surface area is 166 Å². The van der Waals surface area contributed by atoms with Gasteiger partial charge in [0.1, 0.15) is 5.54 Å². The van der Waals surface area contributed by atoms with Crippen molar-refractivity contribution in [2.75, 3.05) is 6.54 Å². The largest absolute Gasteiger partial charge is 0.325 e. The van der Waals surface area contributed by atoms with Crippen molar-refractivity contribution in [3.8, 4) is 0 Å². The summed E-state index contributed by atoms with van der Waals surface area (Å²) in [5, 5.41) is 7.34. The van der Waals surface area contributed by atoms with E-state index >= 15 is 0 Å². The van der Waals surface area contributed by atoms with Crippen LogP contribution < -0.4 is 10.7 Å². The number of hydrogen-bond donors (Lipinski definition) is 2. The maximum Gasteiger partial charge on any atom is 0.325 e. The van der Waals surface area contributed by atoms with Crippen molar-refractivity contribution in [1.29, 1.82) is 0 Å². The summed E-state index contributed by atoms with van der Waals surface area (Å²) >= 11 is 0. The van der Waals surface area contributed by atoms with E-state index < -0.39 is 5.54 Å². The fourth-order valence-corrected chi connectivity index (χ4v) is 5.88. The van der Waals surface area contributed by atoms with Crippen molar-refractivity contribution in [3.63, 3.8) is 0 Å². The number of nitrogens with one attached hydrogen (secondary N) is 2. The van der Waals surface area contributed by atoms with Crippen LogP contribution in [0.1, 0.15) is 78.6 Å². The molecule has 3 aliphatic carbocycles. The standard InChI is InChI=1S/C21H32N4O3/c1-19(2)14-8-11-20(19,3)15(13-14)23-24-16(26)7-6-12-25-17(27)21(22-18(25)28)9-4-5-10-21/h14H,4-13H2,1-3H3,(H,22,28)(H,24,26)/b23-15+/t14-,20+/m1/s1. The van der Waals surface area contributed by atoms with Crippen LogP contribution in [0.15, 0.2) is 5.10 Å². The topological polar surface area (TPSA) is 90.9 Å². The maximum atomic E-state index is 12.6. The Morgan fingerprint density at radius 3 is 2.54 bits per heavy atom. The van der Waals surface area contributed by atoms with Crippen molar-refractivity contribution in [1.82, 2.24) is 15.6 Å². The molecule has 4 rings (SSSR count). The van der Waals surface area contributed by atoms with Crippen molar-refractivity contribution in [2.24, 2.45) is 21.8 Å². The van der Waals surface area contributed by atoms with Gasteiger partial charge in [0.2, 0.25) is 5.91 Å². The minimum atomic E-state index is -0.671. The highest BCUT2D eigenvalue weighted by Gasteiger charge is 2.60. The van der Waals surface area contributed by atoms with Gasteiger partial charge in [-0.2, -0.15) is 5.10 Å². The maximum absolute atomic E-state index is 12.6. The number of hydrogen-bond acceptors (Lipinski definition) is 4. The Kier molecular flexibility index (Phi) is 4.55. The van der Waals surface area contributed by atoms with E-state index in [1.165, 1.54) is 11.3 Å². The minimum absolute atomic E-state index is 0.0700. The summed E-state index contributed by atoms with van der Waals surface area (Å²) in [7, 11) is 0. The molecule has 154 valence electrons. The summed E-state index contributed by atoms with van der Waals surface area (Å²) in [5.74, 6) is 0.378. The SMILES string of the molecule is CC1(C)[C@@H]2CC[C@@]1(C)/C(=N/NC(=O)CCCN1C(=O)NC3(CCCC3)C1=O)C2. The van der Waals surface area contributed by atoms with Crippen molar-refractivity contribution in [3.05, 3.63) is 0 Å². The van der Waals surface area contributed by atoms with E-state index in [2.05, 4.69) is 36.6 Å². The first-order chi connectivity index (χ1) is 13.2. The molecule has 1 spiro atoms. The van der Waals surface area contributed by atoms with Crippen LogP contribution in [0.3, 0.4) is 0 Å². The highest BCUT2D eigenvalue weighted by molar-refractivity contribution is 6.07. The molecule has 4 aliphatic rings. The van der Waals surface area contributed by atoms with Crippen molar-refractivity contribution in [2.45, 2.75) is 84.1 Å². The second-order valence-corrected chi connectivity index (χ2v) is 9.87. The number of nitrogens with zero attached hydrogens (tertiary/aromatic N) is 2.